The summed E-state index contributed by atoms with van der Waals surface area (Å²) in [5.41, 5.74) is 7.55. The van der Waals surface area contributed by atoms with Crippen LogP contribution in [0.3, 0.4) is 0 Å². The molecule has 2 N–H and O–H groups in total. The van der Waals surface area contributed by atoms with Crippen LogP contribution in [0, 0.1) is 5.92 Å². The summed E-state index contributed by atoms with van der Waals surface area (Å²) in [7, 11) is 0. The molecule has 21 heavy (non-hydrogen) atoms. The maximum atomic E-state index is 11.7. The lowest BCUT2D eigenvalue weighted by atomic mass is 10.0. The van der Waals surface area contributed by atoms with Crippen molar-refractivity contribution in [3.63, 3.8) is 0 Å². The van der Waals surface area contributed by atoms with E-state index < -0.39 is 5.92 Å². The Balaban J connectivity index is 1.84. The van der Waals surface area contributed by atoms with Gasteiger partial charge in [0.15, 0.2) is 0 Å². The predicted octanol–water partition coefficient (Wildman–Crippen LogP) is 1.21. The van der Waals surface area contributed by atoms with Crippen LogP contribution in [-0.2, 0) is 16.0 Å². The molecule has 0 fully saturated rings. The van der Waals surface area contributed by atoms with Crippen LogP contribution in [0.1, 0.15) is 31.4 Å². The van der Waals surface area contributed by atoms with Crippen molar-refractivity contribution in [1.29, 1.82) is 0 Å². The highest BCUT2D eigenvalue weighted by Crippen LogP contribution is 2.11. The minimum absolute atomic E-state index is 0.0489. The van der Waals surface area contributed by atoms with Gasteiger partial charge in [0, 0.05) is 12.1 Å². The van der Waals surface area contributed by atoms with Crippen LogP contribution in [0.4, 0.5) is 0 Å². The number of hydrogen-bond donors (Lipinski definition) is 2. The van der Waals surface area contributed by atoms with E-state index in [1.807, 2.05) is 24.3 Å². The van der Waals surface area contributed by atoms with Gasteiger partial charge in [0.2, 0.25) is 11.8 Å². The van der Waals surface area contributed by atoms with Gasteiger partial charge < -0.3 is 0 Å². The summed E-state index contributed by atoms with van der Waals surface area (Å²) in [6, 6.07) is 7.92. The molecule has 1 heterocycles. The molecule has 0 spiro atoms. The van der Waals surface area contributed by atoms with E-state index >= 15 is 0 Å². The van der Waals surface area contributed by atoms with Crippen molar-refractivity contribution in [2.24, 2.45) is 16.1 Å². The standard InChI is InChI=1S/C15H18N4O2/c1-3-11-4-6-12(7-5-11)9-16-18-14(20)8-13-10(2)17-19-15(13)21/h4-7,9,13H,3,8H2,1-2H3,(H,18,20)(H,19,21)/b16-9+. The molecule has 0 aliphatic carbocycles. The van der Waals surface area contributed by atoms with E-state index in [1.54, 1.807) is 13.1 Å². The summed E-state index contributed by atoms with van der Waals surface area (Å²) in [6.07, 6.45) is 2.61. The third kappa shape index (κ3) is 3.98. The van der Waals surface area contributed by atoms with Crippen molar-refractivity contribution in [2.75, 3.05) is 0 Å². The van der Waals surface area contributed by atoms with Gasteiger partial charge in [-0.2, -0.15) is 10.2 Å². The number of carbonyl (C=O) groups is 2. The van der Waals surface area contributed by atoms with Crippen molar-refractivity contribution in [3.05, 3.63) is 35.4 Å². The monoisotopic (exact) mass is 286 g/mol. The van der Waals surface area contributed by atoms with Crippen LogP contribution < -0.4 is 10.9 Å². The van der Waals surface area contributed by atoms with Gasteiger partial charge in [-0.05, 0) is 24.5 Å². The largest absolute Gasteiger partial charge is 0.273 e. The van der Waals surface area contributed by atoms with E-state index in [1.165, 1.54) is 5.56 Å². The minimum atomic E-state index is -0.496. The quantitative estimate of drug-likeness (QED) is 0.630. The van der Waals surface area contributed by atoms with E-state index in [-0.39, 0.29) is 18.2 Å². The molecular formula is C15H18N4O2. The number of nitrogens with one attached hydrogen (secondary N) is 2. The Hall–Kier alpha value is -2.50. The Labute approximate surface area is 123 Å². The zero-order chi connectivity index (χ0) is 15.2. The van der Waals surface area contributed by atoms with Gasteiger partial charge in [-0.15, -0.1) is 0 Å². The molecule has 0 aromatic heterocycles. The first-order valence-corrected chi connectivity index (χ1v) is 6.85. The van der Waals surface area contributed by atoms with E-state index in [9.17, 15) is 9.59 Å². The first-order chi connectivity index (χ1) is 10.1. The average molecular weight is 286 g/mol. The number of carbonyl (C=O) groups excluding carboxylic acids is 2. The molecule has 1 aliphatic heterocycles. The van der Waals surface area contributed by atoms with Crippen LogP contribution in [0.2, 0.25) is 0 Å². The number of aryl methyl sites for hydroxylation is 1. The third-order valence-electron chi connectivity index (χ3n) is 3.34. The summed E-state index contributed by atoms with van der Waals surface area (Å²) in [5, 5.41) is 7.69. The molecule has 1 aliphatic rings. The van der Waals surface area contributed by atoms with Gasteiger partial charge in [-0.1, -0.05) is 31.2 Å². The molecule has 0 radical (unpaired) electrons. The number of benzene rings is 1. The first kappa shape index (κ1) is 14.9. The Morgan fingerprint density at radius 2 is 2.14 bits per heavy atom. The zero-order valence-corrected chi connectivity index (χ0v) is 12.1. The van der Waals surface area contributed by atoms with Gasteiger partial charge >= 0.3 is 0 Å². The molecule has 0 saturated heterocycles. The Kier molecular flexibility index (Phi) is 4.81. The summed E-state index contributed by atoms with van der Waals surface area (Å²) in [5.74, 6) is -1.06. The van der Waals surface area contributed by atoms with Gasteiger partial charge in [0.25, 0.3) is 0 Å². The van der Waals surface area contributed by atoms with Crippen molar-refractivity contribution in [3.8, 4) is 0 Å². The lowest BCUT2D eigenvalue weighted by Gasteiger charge is -2.05. The summed E-state index contributed by atoms with van der Waals surface area (Å²) < 4.78 is 0. The highest BCUT2D eigenvalue weighted by molar-refractivity contribution is 6.09. The fourth-order valence-electron chi connectivity index (χ4n) is 1.98. The Bertz CT molecular complexity index is 590. The molecule has 1 aromatic rings. The molecule has 1 unspecified atom stereocenters. The fraction of sp³-hybridized carbons (Fsp3) is 0.333. The van der Waals surface area contributed by atoms with Crippen LogP contribution in [-0.4, -0.2) is 23.7 Å². The predicted molar refractivity (Wildman–Crippen MR) is 80.9 cm³/mol. The molecule has 2 amide bonds. The zero-order valence-electron chi connectivity index (χ0n) is 12.1. The lowest BCUT2D eigenvalue weighted by Crippen LogP contribution is -2.29. The highest BCUT2D eigenvalue weighted by atomic mass is 16.2. The van der Waals surface area contributed by atoms with Crippen LogP contribution in [0.5, 0.6) is 0 Å². The Morgan fingerprint density at radius 3 is 2.71 bits per heavy atom. The first-order valence-electron chi connectivity index (χ1n) is 6.85. The molecule has 6 heteroatoms. The smallest absolute Gasteiger partial charge is 0.249 e. The lowest BCUT2D eigenvalue weighted by molar-refractivity contribution is -0.127. The summed E-state index contributed by atoms with van der Waals surface area (Å²) in [4.78, 5) is 23.2. The summed E-state index contributed by atoms with van der Waals surface area (Å²) >= 11 is 0. The number of amides is 2. The van der Waals surface area contributed by atoms with Crippen molar-refractivity contribution in [1.82, 2.24) is 10.9 Å². The average Bonchev–Trinajstić information content (AvgIpc) is 2.80. The topological polar surface area (TPSA) is 82.9 Å². The molecule has 110 valence electrons. The third-order valence-corrected chi connectivity index (χ3v) is 3.34. The second kappa shape index (κ2) is 6.78. The maximum absolute atomic E-state index is 11.7. The van der Waals surface area contributed by atoms with Crippen molar-refractivity contribution in [2.45, 2.75) is 26.7 Å². The van der Waals surface area contributed by atoms with E-state index in [4.69, 9.17) is 0 Å². The minimum Gasteiger partial charge on any atom is -0.273 e. The molecular weight excluding hydrogens is 268 g/mol. The highest BCUT2D eigenvalue weighted by Gasteiger charge is 2.28. The molecule has 2 rings (SSSR count). The van der Waals surface area contributed by atoms with E-state index in [0.29, 0.717) is 5.71 Å². The number of hydrazone groups is 2. The fourth-order valence-corrected chi connectivity index (χ4v) is 1.98. The van der Waals surface area contributed by atoms with Crippen molar-refractivity contribution >= 4 is 23.7 Å². The number of nitrogens with zero attached hydrogens (tertiary/aromatic N) is 2. The maximum Gasteiger partial charge on any atom is 0.249 e. The van der Waals surface area contributed by atoms with Crippen LogP contribution in [0.15, 0.2) is 34.5 Å². The van der Waals surface area contributed by atoms with Crippen molar-refractivity contribution < 1.29 is 9.59 Å². The van der Waals surface area contributed by atoms with Gasteiger partial charge in [0.1, 0.15) is 0 Å². The molecule has 6 nitrogen and oxygen atoms in total. The second-order valence-corrected chi connectivity index (χ2v) is 4.87. The summed E-state index contributed by atoms with van der Waals surface area (Å²) in [6.45, 7) is 3.81. The second-order valence-electron chi connectivity index (χ2n) is 4.87. The number of hydrogen-bond acceptors (Lipinski definition) is 4. The van der Waals surface area contributed by atoms with Gasteiger partial charge in [-0.3, -0.25) is 9.59 Å². The number of rotatable bonds is 5. The normalized spacial score (nSPS) is 17.7. The van der Waals surface area contributed by atoms with Crippen LogP contribution >= 0.6 is 0 Å². The molecule has 0 saturated carbocycles. The van der Waals surface area contributed by atoms with Crippen LogP contribution in [0.25, 0.3) is 0 Å². The van der Waals surface area contributed by atoms with E-state index in [2.05, 4.69) is 28.0 Å². The Morgan fingerprint density at radius 1 is 1.43 bits per heavy atom. The molecule has 0 bridgehead atoms. The van der Waals surface area contributed by atoms with Gasteiger partial charge in [0.05, 0.1) is 12.1 Å². The molecule has 1 aromatic carbocycles. The SMILES string of the molecule is CCc1ccc(/C=N/NC(=O)CC2C(=O)NN=C2C)cc1. The van der Waals surface area contributed by atoms with Gasteiger partial charge in [-0.25, -0.2) is 10.9 Å². The molecule has 1 atom stereocenters. The van der Waals surface area contributed by atoms with E-state index in [0.717, 1.165) is 12.0 Å².